The van der Waals surface area contributed by atoms with Gasteiger partial charge in [0, 0.05) is 36.3 Å². The molecule has 1 fully saturated rings. The molecule has 3 rings (SSSR count). The summed E-state index contributed by atoms with van der Waals surface area (Å²) >= 11 is 0. The third-order valence-electron chi connectivity index (χ3n) is 5.45. The van der Waals surface area contributed by atoms with E-state index in [4.69, 9.17) is 14.2 Å². The first kappa shape index (κ1) is 20.8. The standard InChI is InChI=1S/C22H27NO6/c1-13(24)20-18(28-3)11-19(29-4)21(22(20)26)16-9-10-23(12-17(16)25)14-5-7-15(27-2)8-6-14/h5-8,11,16-17,25-26H,9-10,12H2,1-4H3/t16-,17-/m1/s1. The van der Waals surface area contributed by atoms with E-state index >= 15 is 0 Å². The first-order valence-corrected chi connectivity index (χ1v) is 9.47. The number of hydrogen-bond acceptors (Lipinski definition) is 7. The van der Waals surface area contributed by atoms with Gasteiger partial charge in [-0.2, -0.15) is 0 Å². The van der Waals surface area contributed by atoms with E-state index in [1.165, 1.54) is 21.1 Å². The Morgan fingerprint density at radius 1 is 1.07 bits per heavy atom. The molecule has 1 aliphatic heterocycles. The minimum Gasteiger partial charge on any atom is -0.507 e. The van der Waals surface area contributed by atoms with Gasteiger partial charge in [0.2, 0.25) is 0 Å². The quantitative estimate of drug-likeness (QED) is 0.720. The maximum absolute atomic E-state index is 12.1. The van der Waals surface area contributed by atoms with E-state index in [1.54, 1.807) is 13.2 Å². The van der Waals surface area contributed by atoms with Crippen LogP contribution in [0.1, 0.15) is 35.2 Å². The lowest BCUT2D eigenvalue weighted by Gasteiger charge is -2.38. The fraction of sp³-hybridized carbons (Fsp3) is 0.409. The van der Waals surface area contributed by atoms with Crippen molar-refractivity contribution in [1.29, 1.82) is 0 Å². The number of anilines is 1. The molecule has 2 N–H and O–H groups in total. The number of aliphatic hydroxyl groups excluding tert-OH is 1. The van der Waals surface area contributed by atoms with E-state index in [0.29, 0.717) is 30.8 Å². The van der Waals surface area contributed by atoms with Crippen LogP contribution in [0.2, 0.25) is 0 Å². The summed E-state index contributed by atoms with van der Waals surface area (Å²) in [5.41, 5.74) is 1.53. The van der Waals surface area contributed by atoms with Crippen molar-refractivity contribution in [2.24, 2.45) is 0 Å². The van der Waals surface area contributed by atoms with Gasteiger partial charge in [-0.3, -0.25) is 4.79 Å². The van der Waals surface area contributed by atoms with Crippen molar-refractivity contribution in [3.8, 4) is 23.0 Å². The van der Waals surface area contributed by atoms with E-state index in [0.717, 1.165) is 11.4 Å². The third-order valence-corrected chi connectivity index (χ3v) is 5.45. The number of carbonyl (C=O) groups excluding carboxylic acids is 1. The minimum atomic E-state index is -0.751. The van der Waals surface area contributed by atoms with Gasteiger partial charge in [0.1, 0.15) is 28.6 Å². The highest BCUT2D eigenvalue weighted by molar-refractivity contribution is 6.00. The maximum Gasteiger partial charge on any atom is 0.167 e. The fourth-order valence-electron chi connectivity index (χ4n) is 3.96. The molecule has 0 bridgehead atoms. The van der Waals surface area contributed by atoms with Crippen molar-refractivity contribution in [3.05, 3.63) is 41.5 Å². The summed E-state index contributed by atoms with van der Waals surface area (Å²) in [6, 6.07) is 9.25. The molecule has 2 aromatic rings. The Morgan fingerprint density at radius 3 is 2.24 bits per heavy atom. The topological polar surface area (TPSA) is 88.5 Å². The first-order valence-electron chi connectivity index (χ1n) is 9.47. The number of piperidine rings is 1. The Labute approximate surface area is 170 Å². The zero-order chi connectivity index (χ0) is 21.1. The molecule has 1 aliphatic rings. The number of aliphatic hydroxyl groups is 1. The summed E-state index contributed by atoms with van der Waals surface area (Å²) in [5, 5.41) is 21.8. The van der Waals surface area contributed by atoms with Gasteiger partial charge in [0.15, 0.2) is 5.78 Å². The lowest BCUT2D eigenvalue weighted by Crippen LogP contribution is -2.43. The fourth-order valence-corrected chi connectivity index (χ4v) is 3.96. The second-order valence-electron chi connectivity index (χ2n) is 7.08. The molecule has 0 aliphatic carbocycles. The summed E-state index contributed by atoms with van der Waals surface area (Å²) < 4.78 is 15.9. The van der Waals surface area contributed by atoms with Gasteiger partial charge in [0.25, 0.3) is 0 Å². The molecule has 2 atom stereocenters. The monoisotopic (exact) mass is 401 g/mol. The number of carbonyl (C=O) groups is 1. The highest BCUT2D eigenvalue weighted by atomic mass is 16.5. The Kier molecular flexibility index (Phi) is 6.17. The van der Waals surface area contributed by atoms with Crippen LogP contribution in [0.15, 0.2) is 30.3 Å². The molecule has 29 heavy (non-hydrogen) atoms. The first-order chi connectivity index (χ1) is 13.9. The van der Waals surface area contributed by atoms with Crippen molar-refractivity contribution < 1.29 is 29.2 Å². The van der Waals surface area contributed by atoms with Crippen LogP contribution in [-0.4, -0.2) is 56.5 Å². The average Bonchev–Trinajstić information content (AvgIpc) is 2.73. The van der Waals surface area contributed by atoms with E-state index < -0.39 is 6.10 Å². The van der Waals surface area contributed by atoms with Gasteiger partial charge in [-0.1, -0.05) is 0 Å². The van der Waals surface area contributed by atoms with Crippen molar-refractivity contribution in [2.45, 2.75) is 25.4 Å². The molecule has 7 nitrogen and oxygen atoms in total. The molecular weight excluding hydrogens is 374 g/mol. The Morgan fingerprint density at radius 2 is 1.72 bits per heavy atom. The predicted molar refractivity (Wildman–Crippen MR) is 110 cm³/mol. The lowest BCUT2D eigenvalue weighted by atomic mass is 9.84. The minimum absolute atomic E-state index is 0.105. The smallest absolute Gasteiger partial charge is 0.167 e. The van der Waals surface area contributed by atoms with Crippen LogP contribution in [0.25, 0.3) is 0 Å². The molecule has 0 aromatic heterocycles. The Hall–Kier alpha value is -2.93. The molecule has 0 radical (unpaired) electrons. The number of methoxy groups -OCH3 is 3. The molecule has 156 valence electrons. The molecule has 1 heterocycles. The van der Waals surface area contributed by atoms with Crippen LogP contribution in [0.5, 0.6) is 23.0 Å². The van der Waals surface area contributed by atoms with Crippen LogP contribution >= 0.6 is 0 Å². The largest absolute Gasteiger partial charge is 0.507 e. The second kappa shape index (κ2) is 8.61. The Balaban J connectivity index is 1.91. The molecule has 1 saturated heterocycles. The summed E-state index contributed by atoms with van der Waals surface area (Å²) in [6.45, 7) is 2.44. The zero-order valence-electron chi connectivity index (χ0n) is 17.1. The predicted octanol–water partition coefficient (Wildman–Crippen LogP) is 2.98. The number of phenols is 1. The number of nitrogens with zero attached hydrogens (tertiary/aromatic N) is 1. The van der Waals surface area contributed by atoms with Crippen LogP contribution in [0.3, 0.4) is 0 Å². The number of ether oxygens (including phenoxy) is 3. The highest BCUT2D eigenvalue weighted by Crippen LogP contribution is 2.46. The second-order valence-corrected chi connectivity index (χ2v) is 7.08. The van der Waals surface area contributed by atoms with Gasteiger partial charge >= 0.3 is 0 Å². The summed E-state index contributed by atoms with van der Waals surface area (Å²) in [7, 11) is 4.54. The maximum atomic E-state index is 12.1. The molecule has 0 spiro atoms. The van der Waals surface area contributed by atoms with Gasteiger partial charge in [0.05, 0.1) is 27.4 Å². The normalized spacial score (nSPS) is 19.0. The van der Waals surface area contributed by atoms with E-state index in [1.807, 2.05) is 24.3 Å². The molecule has 0 saturated carbocycles. The molecule has 2 aromatic carbocycles. The van der Waals surface area contributed by atoms with Crippen LogP contribution in [0, 0.1) is 0 Å². The lowest BCUT2D eigenvalue weighted by molar-refractivity contribution is 0.100. The van der Waals surface area contributed by atoms with Crippen LogP contribution in [-0.2, 0) is 0 Å². The van der Waals surface area contributed by atoms with Crippen molar-refractivity contribution >= 4 is 11.5 Å². The van der Waals surface area contributed by atoms with Crippen molar-refractivity contribution in [1.82, 2.24) is 0 Å². The van der Waals surface area contributed by atoms with Gasteiger partial charge in [-0.15, -0.1) is 0 Å². The summed E-state index contributed by atoms with van der Waals surface area (Å²) in [4.78, 5) is 14.2. The van der Waals surface area contributed by atoms with Crippen LogP contribution in [0.4, 0.5) is 5.69 Å². The molecule has 0 amide bonds. The van der Waals surface area contributed by atoms with Gasteiger partial charge < -0.3 is 29.3 Å². The molecular formula is C22H27NO6. The highest BCUT2D eigenvalue weighted by Gasteiger charge is 2.35. The Bertz CT molecular complexity index is 880. The summed E-state index contributed by atoms with van der Waals surface area (Å²) in [6.07, 6.45) is -0.167. The number of β-amino-alcohol motifs (C(OH)–C–C–N with tert-alkyl or cyclic N) is 1. The van der Waals surface area contributed by atoms with Crippen molar-refractivity contribution in [2.75, 3.05) is 39.3 Å². The number of rotatable bonds is 6. The van der Waals surface area contributed by atoms with E-state index in [-0.39, 0.29) is 28.8 Å². The van der Waals surface area contributed by atoms with E-state index in [2.05, 4.69) is 4.90 Å². The number of hydrogen-bond donors (Lipinski definition) is 2. The van der Waals surface area contributed by atoms with Gasteiger partial charge in [-0.25, -0.2) is 0 Å². The number of benzene rings is 2. The SMILES string of the molecule is COc1ccc(N2CC[C@@H](c3c(OC)cc(OC)c(C(C)=O)c3O)[C@H](O)C2)cc1. The molecule has 0 unspecified atom stereocenters. The van der Waals surface area contributed by atoms with Gasteiger partial charge in [-0.05, 0) is 37.6 Å². The molecule has 7 heteroatoms. The summed E-state index contributed by atoms with van der Waals surface area (Å²) in [5.74, 6) is 0.549. The number of phenolic OH excluding ortho intramolecular Hbond substituents is 1. The zero-order valence-corrected chi connectivity index (χ0v) is 17.1. The third kappa shape index (κ3) is 3.96. The average molecular weight is 401 g/mol. The van der Waals surface area contributed by atoms with Crippen LogP contribution < -0.4 is 19.1 Å². The number of aromatic hydroxyl groups is 1. The number of ketones is 1. The van der Waals surface area contributed by atoms with E-state index in [9.17, 15) is 15.0 Å². The number of Topliss-reactive ketones (excluding diaryl/α,β-unsaturated/α-hetero) is 1. The van der Waals surface area contributed by atoms with Crippen molar-refractivity contribution in [3.63, 3.8) is 0 Å².